The fraction of sp³-hybridized carbons (Fsp3) is 0.250. The van der Waals surface area contributed by atoms with E-state index >= 15 is 0 Å². The number of nitrogens with zero attached hydrogens (tertiary/aromatic N) is 4. The Labute approximate surface area is 172 Å². The zero-order chi connectivity index (χ0) is 20.2. The van der Waals surface area contributed by atoms with Gasteiger partial charge in [-0.2, -0.15) is 10.2 Å². The summed E-state index contributed by atoms with van der Waals surface area (Å²) < 4.78 is 3.94. The van der Waals surface area contributed by atoms with E-state index in [4.69, 9.17) is 5.10 Å². The van der Waals surface area contributed by atoms with Crippen LogP contribution >= 0.6 is 0 Å². The average Bonchev–Trinajstić information content (AvgIpc) is 3.31. The molecule has 5 heteroatoms. The van der Waals surface area contributed by atoms with E-state index in [2.05, 4.69) is 72.9 Å². The van der Waals surface area contributed by atoms with Crippen molar-refractivity contribution in [2.24, 2.45) is 7.05 Å². The van der Waals surface area contributed by atoms with Crippen molar-refractivity contribution < 1.29 is 0 Å². The molecule has 0 aliphatic carbocycles. The highest BCUT2D eigenvalue weighted by Gasteiger charge is 2.13. The van der Waals surface area contributed by atoms with Gasteiger partial charge in [-0.1, -0.05) is 42.5 Å². The molecule has 0 fully saturated rings. The summed E-state index contributed by atoms with van der Waals surface area (Å²) in [5.41, 5.74) is 8.40. The lowest BCUT2D eigenvalue weighted by molar-refractivity contribution is 0.625. The molecule has 0 amide bonds. The van der Waals surface area contributed by atoms with Gasteiger partial charge in [0.2, 0.25) is 0 Å². The van der Waals surface area contributed by atoms with Gasteiger partial charge >= 0.3 is 0 Å². The molecule has 4 rings (SSSR count). The largest absolute Gasteiger partial charge is 0.307 e. The molecule has 2 heterocycles. The van der Waals surface area contributed by atoms with Crippen molar-refractivity contribution in [3.05, 3.63) is 94.9 Å². The third-order valence-electron chi connectivity index (χ3n) is 5.35. The molecule has 0 aliphatic heterocycles. The highest BCUT2D eigenvalue weighted by atomic mass is 15.3. The maximum atomic E-state index is 4.94. The Morgan fingerprint density at radius 2 is 1.76 bits per heavy atom. The zero-order valence-electron chi connectivity index (χ0n) is 17.3. The number of aryl methyl sites for hydroxylation is 3. The normalized spacial score (nSPS) is 11.1. The van der Waals surface area contributed by atoms with Crippen LogP contribution in [0.4, 0.5) is 0 Å². The Morgan fingerprint density at radius 3 is 2.48 bits per heavy atom. The molecular weight excluding hydrogens is 358 g/mol. The summed E-state index contributed by atoms with van der Waals surface area (Å²) in [6.07, 6.45) is 3.99. The van der Waals surface area contributed by atoms with E-state index in [-0.39, 0.29) is 0 Å². The summed E-state index contributed by atoms with van der Waals surface area (Å²) >= 11 is 0. The molecule has 0 saturated carbocycles. The van der Waals surface area contributed by atoms with Gasteiger partial charge in [0.15, 0.2) is 0 Å². The van der Waals surface area contributed by atoms with Crippen LogP contribution in [0.2, 0.25) is 0 Å². The van der Waals surface area contributed by atoms with Gasteiger partial charge in [0.1, 0.15) is 0 Å². The first-order valence-corrected chi connectivity index (χ1v) is 9.95. The molecule has 148 valence electrons. The van der Waals surface area contributed by atoms with Gasteiger partial charge in [-0.25, -0.2) is 0 Å². The predicted molar refractivity (Wildman–Crippen MR) is 116 cm³/mol. The third kappa shape index (κ3) is 4.46. The standard InChI is InChI=1S/C24H27N5/c1-18-9-10-21(13-19(18)2)24-22(14-25-15-23-11-12-26-28(23)3)17-29(27-24)16-20-7-5-4-6-8-20/h4-13,17,25H,14-16H2,1-3H3. The molecule has 0 saturated heterocycles. The van der Waals surface area contributed by atoms with Crippen molar-refractivity contribution in [2.75, 3.05) is 0 Å². The molecule has 29 heavy (non-hydrogen) atoms. The van der Waals surface area contributed by atoms with Gasteiger partial charge < -0.3 is 5.32 Å². The maximum Gasteiger partial charge on any atom is 0.0968 e. The van der Waals surface area contributed by atoms with E-state index in [1.54, 1.807) is 0 Å². The van der Waals surface area contributed by atoms with E-state index < -0.39 is 0 Å². The number of hydrogen-bond donors (Lipinski definition) is 1. The van der Waals surface area contributed by atoms with Crippen LogP contribution in [0.5, 0.6) is 0 Å². The van der Waals surface area contributed by atoms with Crippen molar-refractivity contribution in [1.29, 1.82) is 0 Å². The third-order valence-corrected chi connectivity index (χ3v) is 5.35. The van der Waals surface area contributed by atoms with Crippen molar-refractivity contribution in [1.82, 2.24) is 24.9 Å². The quantitative estimate of drug-likeness (QED) is 0.518. The van der Waals surface area contributed by atoms with E-state index in [9.17, 15) is 0 Å². The van der Waals surface area contributed by atoms with Gasteiger partial charge in [0.25, 0.3) is 0 Å². The summed E-state index contributed by atoms with van der Waals surface area (Å²) in [4.78, 5) is 0. The monoisotopic (exact) mass is 385 g/mol. The minimum absolute atomic E-state index is 0.752. The number of hydrogen-bond acceptors (Lipinski definition) is 3. The number of aromatic nitrogens is 4. The zero-order valence-corrected chi connectivity index (χ0v) is 17.3. The fourth-order valence-electron chi connectivity index (χ4n) is 3.48. The van der Waals surface area contributed by atoms with E-state index in [1.165, 1.54) is 22.3 Å². The van der Waals surface area contributed by atoms with Crippen molar-refractivity contribution in [3.63, 3.8) is 0 Å². The Bertz CT molecular complexity index is 1090. The lowest BCUT2D eigenvalue weighted by atomic mass is 10.0. The fourth-order valence-corrected chi connectivity index (χ4v) is 3.48. The molecule has 5 nitrogen and oxygen atoms in total. The van der Waals surface area contributed by atoms with Crippen LogP contribution in [0.15, 0.2) is 67.0 Å². The summed E-state index contributed by atoms with van der Waals surface area (Å²) in [6.45, 7) is 6.58. The SMILES string of the molecule is Cc1ccc(-c2nn(Cc3ccccc3)cc2CNCc2ccnn2C)cc1C. The van der Waals surface area contributed by atoms with Crippen LogP contribution in [0.25, 0.3) is 11.3 Å². The Kier molecular flexibility index (Phi) is 5.58. The molecule has 0 unspecified atom stereocenters. The van der Waals surface area contributed by atoms with Gasteiger partial charge in [-0.05, 0) is 42.7 Å². The van der Waals surface area contributed by atoms with Gasteiger partial charge in [0.05, 0.1) is 17.9 Å². The first-order valence-electron chi connectivity index (χ1n) is 9.95. The van der Waals surface area contributed by atoms with Gasteiger partial charge in [-0.3, -0.25) is 9.36 Å². The molecule has 0 spiro atoms. The second kappa shape index (κ2) is 8.45. The maximum absolute atomic E-state index is 4.94. The number of benzene rings is 2. The summed E-state index contributed by atoms with van der Waals surface area (Å²) in [5.74, 6) is 0. The van der Waals surface area contributed by atoms with E-state index in [0.29, 0.717) is 0 Å². The van der Waals surface area contributed by atoms with Crippen LogP contribution in [-0.2, 0) is 26.7 Å². The molecule has 2 aromatic heterocycles. The van der Waals surface area contributed by atoms with Gasteiger partial charge in [0, 0.05) is 43.7 Å². The predicted octanol–water partition coefficient (Wildman–Crippen LogP) is 4.24. The first-order chi connectivity index (χ1) is 14.1. The Hall–Kier alpha value is -3.18. The number of rotatable bonds is 7. The van der Waals surface area contributed by atoms with Crippen LogP contribution in [0.1, 0.15) is 27.9 Å². The average molecular weight is 386 g/mol. The summed E-state index contributed by atoms with van der Waals surface area (Å²) in [6, 6.07) is 19.1. The first kappa shape index (κ1) is 19.2. The van der Waals surface area contributed by atoms with Crippen molar-refractivity contribution in [3.8, 4) is 11.3 Å². The van der Waals surface area contributed by atoms with Crippen molar-refractivity contribution in [2.45, 2.75) is 33.5 Å². The van der Waals surface area contributed by atoms with Crippen molar-refractivity contribution >= 4 is 0 Å². The van der Waals surface area contributed by atoms with Crippen LogP contribution in [0.3, 0.4) is 0 Å². The Balaban J connectivity index is 1.59. The minimum atomic E-state index is 0.752. The smallest absolute Gasteiger partial charge is 0.0968 e. The lowest BCUT2D eigenvalue weighted by Gasteiger charge is -2.07. The molecule has 0 radical (unpaired) electrons. The highest BCUT2D eigenvalue weighted by molar-refractivity contribution is 5.64. The second-order valence-electron chi connectivity index (χ2n) is 7.53. The molecule has 0 aliphatic rings. The van der Waals surface area contributed by atoms with Crippen LogP contribution in [-0.4, -0.2) is 19.6 Å². The summed E-state index contributed by atoms with van der Waals surface area (Å²) in [7, 11) is 1.97. The molecular formula is C24H27N5. The lowest BCUT2D eigenvalue weighted by Crippen LogP contribution is -2.15. The Morgan fingerprint density at radius 1 is 0.931 bits per heavy atom. The molecule has 1 N–H and O–H groups in total. The number of nitrogens with one attached hydrogen (secondary N) is 1. The molecule has 2 aromatic carbocycles. The molecule has 4 aromatic rings. The second-order valence-corrected chi connectivity index (χ2v) is 7.53. The van der Waals surface area contributed by atoms with Gasteiger partial charge in [-0.15, -0.1) is 0 Å². The highest BCUT2D eigenvalue weighted by Crippen LogP contribution is 2.25. The minimum Gasteiger partial charge on any atom is -0.307 e. The van der Waals surface area contributed by atoms with E-state index in [0.717, 1.165) is 36.6 Å². The topological polar surface area (TPSA) is 47.7 Å². The molecule has 0 bridgehead atoms. The van der Waals surface area contributed by atoms with Crippen LogP contribution < -0.4 is 5.32 Å². The summed E-state index contributed by atoms with van der Waals surface area (Å²) in [5, 5.41) is 12.7. The van der Waals surface area contributed by atoms with E-state index in [1.807, 2.05) is 34.7 Å². The van der Waals surface area contributed by atoms with Crippen LogP contribution in [0, 0.1) is 13.8 Å². The molecule has 0 atom stereocenters.